The van der Waals surface area contributed by atoms with E-state index in [0.29, 0.717) is 36.9 Å². The Morgan fingerprint density at radius 2 is 1.84 bits per heavy atom. The molecular weight excluding hydrogens is 464 g/mol. The molecule has 7 nitrogen and oxygen atoms in total. The summed E-state index contributed by atoms with van der Waals surface area (Å²) in [5, 5.41) is 12.1. The fraction of sp³-hybridized carbons (Fsp3) is 0.300. The average Bonchev–Trinajstić information content (AvgIpc) is 2.93. The first-order valence-electron chi connectivity index (χ1n) is 12.9. The van der Waals surface area contributed by atoms with Crippen molar-refractivity contribution < 1.29 is 14.7 Å². The first-order valence-corrected chi connectivity index (χ1v) is 12.9. The monoisotopic (exact) mass is 494 g/mol. The summed E-state index contributed by atoms with van der Waals surface area (Å²) in [4.78, 5) is 38.3. The molecule has 1 amide bonds. The highest BCUT2D eigenvalue weighted by Gasteiger charge is 2.22. The Kier molecular flexibility index (Phi) is 7.49. The van der Waals surface area contributed by atoms with Crippen LogP contribution in [0.15, 0.2) is 66.9 Å². The van der Waals surface area contributed by atoms with Gasteiger partial charge in [-0.1, -0.05) is 36.4 Å². The first-order chi connectivity index (χ1) is 18.1. The molecule has 1 atom stereocenters. The van der Waals surface area contributed by atoms with Gasteiger partial charge in [-0.05, 0) is 68.4 Å². The lowest BCUT2D eigenvalue weighted by atomic mass is 9.85. The third-order valence-corrected chi connectivity index (χ3v) is 6.94. The maximum absolute atomic E-state index is 13.1. The van der Waals surface area contributed by atoms with Gasteiger partial charge in [0.25, 0.3) is 5.91 Å². The molecule has 2 N–H and O–H groups in total. The zero-order valence-electron chi connectivity index (χ0n) is 20.7. The van der Waals surface area contributed by atoms with Crippen LogP contribution >= 0.6 is 0 Å². The van der Waals surface area contributed by atoms with Crippen LogP contribution in [0.4, 0.5) is 0 Å². The number of carbonyl (C=O) groups is 2. The molecule has 0 fully saturated rings. The van der Waals surface area contributed by atoms with Crippen LogP contribution in [0, 0.1) is 0 Å². The van der Waals surface area contributed by atoms with Gasteiger partial charge in [-0.15, -0.1) is 0 Å². The van der Waals surface area contributed by atoms with Gasteiger partial charge in [0.2, 0.25) is 0 Å². The van der Waals surface area contributed by atoms with E-state index in [4.69, 9.17) is 15.1 Å². The third-order valence-electron chi connectivity index (χ3n) is 6.94. The molecule has 1 aliphatic rings. The summed E-state index contributed by atoms with van der Waals surface area (Å²) in [5.41, 5.74) is 6.88. The number of nitrogens with zero attached hydrogens (tertiary/aromatic N) is 3. The minimum absolute atomic E-state index is 0.130. The van der Waals surface area contributed by atoms with Gasteiger partial charge in [0.05, 0.1) is 22.4 Å². The van der Waals surface area contributed by atoms with Crippen molar-refractivity contribution in [2.45, 2.75) is 50.9 Å². The number of amides is 1. The zero-order chi connectivity index (χ0) is 25.6. The molecule has 7 heteroatoms. The molecular formula is C30H30N4O3. The van der Waals surface area contributed by atoms with E-state index in [2.05, 4.69) is 16.4 Å². The Balaban J connectivity index is 1.36. The van der Waals surface area contributed by atoms with Crippen LogP contribution in [-0.4, -0.2) is 38.5 Å². The van der Waals surface area contributed by atoms with Crippen molar-refractivity contribution in [3.63, 3.8) is 0 Å². The average molecular weight is 495 g/mol. The summed E-state index contributed by atoms with van der Waals surface area (Å²) in [6.45, 7) is 0.572. The predicted octanol–water partition coefficient (Wildman–Crippen LogP) is 5.34. The summed E-state index contributed by atoms with van der Waals surface area (Å²) >= 11 is 0. The van der Waals surface area contributed by atoms with E-state index in [1.165, 1.54) is 5.56 Å². The van der Waals surface area contributed by atoms with E-state index >= 15 is 0 Å². The molecule has 4 aromatic rings. The number of pyridine rings is 1. The van der Waals surface area contributed by atoms with Crippen molar-refractivity contribution in [1.82, 2.24) is 20.3 Å². The molecule has 0 saturated heterocycles. The standard InChI is InChI=1S/C30H30N4O3/c35-28(36)14-5-4-12-26-29(20-8-2-1-3-9-20)34-25-16-15-21(18-27(25)33-26)30(37)32-19-22-10-6-13-24-23(22)11-7-17-31-24/h1-3,7-9,11,15-18,22H,4-6,10,12-14,19H2,(H,32,37)(H,35,36)/t22-/m0/s1. The Labute approximate surface area is 216 Å². The molecule has 2 heterocycles. The van der Waals surface area contributed by atoms with E-state index < -0.39 is 5.97 Å². The number of carboxylic acid groups (broad SMARTS) is 1. The molecule has 0 spiro atoms. The van der Waals surface area contributed by atoms with Gasteiger partial charge in [-0.3, -0.25) is 14.6 Å². The van der Waals surface area contributed by atoms with E-state index in [1.54, 1.807) is 12.1 Å². The Hall–Kier alpha value is -4.13. The van der Waals surface area contributed by atoms with Crippen molar-refractivity contribution >= 4 is 22.9 Å². The number of aliphatic carboxylic acids is 1. The molecule has 2 aromatic carbocycles. The van der Waals surface area contributed by atoms with Crippen molar-refractivity contribution in [3.05, 3.63) is 89.4 Å². The number of carbonyl (C=O) groups excluding carboxylic acids is 1. The largest absolute Gasteiger partial charge is 0.481 e. The molecule has 188 valence electrons. The lowest BCUT2D eigenvalue weighted by Crippen LogP contribution is -2.30. The van der Waals surface area contributed by atoms with Crippen LogP contribution in [0.25, 0.3) is 22.3 Å². The second kappa shape index (κ2) is 11.3. The summed E-state index contributed by atoms with van der Waals surface area (Å²) in [6.07, 6.45) is 6.97. The number of hydrogen-bond donors (Lipinski definition) is 2. The van der Waals surface area contributed by atoms with Crippen LogP contribution in [-0.2, 0) is 17.6 Å². The number of unbranched alkanes of at least 4 members (excludes halogenated alkanes) is 1. The molecule has 5 rings (SSSR count). The Morgan fingerprint density at radius 1 is 0.973 bits per heavy atom. The van der Waals surface area contributed by atoms with Gasteiger partial charge in [0.1, 0.15) is 0 Å². The van der Waals surface area contributed by atoms with Crippen LogP contribution in [0.5, 0.6) is 0 Å². The fourth-order valence-electron chi connectivity index (χ4n) is 5.03. The molecule has 2 aromatic heterocycles. The van der Waals surface area contributed by atoms with Gasteiger partial charge in [0, 0.05) is 41.9 Å². The van der Waals surface area contributed by atoms with E-state index in [1.807, 2.05) is 48.7 Å². The zero-order valence-corrected chi connectivity index (χ0v) is 20.7. The maximum Gasteiger partial charge on any atom is 0.303 e. The van der Waals surface area contributed by atoms with Gasteiger partial charge >= 0.3 is 5.97 Å². The van der Waals surface area contributed by atoms with Crippen molar-refractivity contribution in [2.75, 3.05) is 6.54 Å². The molecule has 0 aliphatic heterocycles. The highest BCUT2D eigenvalue weighted by molar-refractivity contribution is 5.97. The van der Waals surface area contributed by atoms with E-state index in [9.17, 15) is 9.59 Å². The van der Waals surface area contributed by atoms with Gasteiger partial charge < -0.3 is 10.4 Å². The molecule has 1 aliphatic carbocycles. The van der Waals surface area contributed by atoms with Crippen molar-refractivity contribution in [2.24, 2.45) is 0 Å². The minimum atomic E-state index is -0.795. The van der Waals surface area contributed by atoms with Gasteiger partial charge in [-0.25, -0.2) is 9.97 Å². The van der Waals surface area contributed by atoms with Gasteiger partial charge in [-0.2, -0.15) is 0 Å². The quantitative estimate of drug-likeness (QED) is 0.304. The lowest BCUT2D eigenvalue weighted by molar-refractivity contribution is -0.137. The van der Waals surface area contributed by atoms with Crippen LogP contribution in [0.3, 0.4) is 0 Å². The maximum atomic E-state index is 13.1. The molecule has 0 unspecified atom stereocenters. The van der Waals surface area contributed by atoms with Crippen LogP contribution in [0.1, 0.15) is 65.3 Å². The molecule has 0 radical (unpaired) electrons. The van der Waals surface area contributed by atoms with E-state index in [0.717, 1.165) is 47.4 Å². The summed E-state index contributed by atoms with van der Waals surface area (Å²) in [6, 6.07) is 19.4. The van der Waals surface area contributed by atoms with Crippen LogP contribution in [0.2, 0.25) is 0 Å². The Morgan fingerprint density at radius 3 is 2.68 bits per heavy atom. The van der Waals surface area contributed by atoms with Crippen LogP contribution < -0.4 is 5.32 Å². The lowest BCUT2D eigenvalue weighted by Gasteiger charge is -2.24. The highest BCUT2D eigenvalue weighted by atomic mass is 16.4. The van der Waals surface area contributed by atoms with Crippen molar-refractivity contribution in [1.29, 1.82) is 0 Å². The van der Waals surface area contributed by atoms with Crippen molar-refractivity contribution in [3.8, 4) is 11.3 Å². The molecule has 0 bridgehead atoms. The highest BCUT2D eigenvalue weighted by Crippen LogP contribution is 2.30. The number of hydrogen-bond acceptors (Lipinski definition) is 5. The topological polar surface area (TPSA) is 105 Å². The first kappa shape index (κ1) is 24.6. The number of fused-ring (bicyclic) bond motifs is 2. The number of carboxylic acids is 1. The smallest absolute Gasteiger partial charge is 0.303 e. The molecule has 0 saturated carbocycles. The minimum Gasteiger partial charge on any atom is -0.481 e. The number of nitrogens with one attached hydrogen (secondary N) is 1. The SMILES string of the molecule is O=C(O)CCCCc1nc2cc(C(=O)NC[C@@H]3CCCc4ncccc43)ccc2nc1-c1ccccc1. The fourth-order valence-corrected chi connectivity index (χ4v) is 5.03. The Bertz CT molecular complexity index is 1420. The number of benzene rings is 2. The predicted molar refractivity (Wildman–Crippen MR) is 142 cm³/mol. The van der Waals surface area contributed by atoms with Gasteiger partial charge in [0.15, 0.2) is 0 Å². The summed E-state index contributed by atoms with van der Waals surface area (Å²) < 4.78 is 0. The third kappa shape index (κ3) is 5.82. The second-order valence-electron chi connectivity index (χ2n) is 9.53. The normalized spacial score (nSPS) is 14.8. The number of aryl methyl sites for hydroxylation is 2. The summed E-state index contributed by atoms with van der Waals surface area (Å²) in [7, 11) is 0. The molecule has 37 heavy (non-hydrogen) atoms. The number of rotatable bonds is 9. The summed E-state index contributed by atoms with van der Waals surface area (Å²) in [5.74, 6) is -0.654. The number of aromatic nitrogens is 3. The van der Waals surface area contributed by atoms with E-state index in [-0.39, 0.29) is 18.2 Å². The second-order valence-corrected chi connectivity index (χ2v) is 9.53.